The van der Waals surface area contributed by atoms with Crippen LogP contribution in [0.1, 0.15) is 11.1 Å². The third kappa shape index (κ3) is 4.35. The van der Waals surface area contributed by atoms with E-state index in [1.54, 1.807) is 12.1 Å². The standard InChI is InChI=1S/C12H9ClO2/c13-9-1-2-10-3-5-11(6-4-10)7-8-12(14)15/h3-8H,9H2,(H,14,15)/b8-7+. The predicted molar refractivity (Wildman–Crippen MR) is 60.7 cm³/mol. The predicted octanol–water partition coefficient (Wildman–Crippen LogP) is 2.37. The zero-order valence-electron chi connectivity index (χ0n) is 7.90. The number of aliphatic carboxylic acids is 1. The van der Waals surface area contributed by atoms with Crippen LogP contribution in [0.4, 0.5) is 0 Å². The van der Waals surface area contributed by atoms with Crippen molar-refractivity contribution in [3.05, 3.63) is 41.5 Å². The lowest BCUT2D eigenvalue weighted by Gasteiger charge is -1.92. The molecule has 0 atom stereocenters. The highest BCUT2D eigenvalue weighted by Crippen LogP contribution is 2.05. The molecule has 0 aromatic heterocycles. The summed E-state index contributed by atoms with van der Waals surface area (Å²) in [6.45, 7) is 0. The molecule has 15 heavy (non-hydrogen) atoms. The second-order valence-electron chi connectivity index (χ2n) is 2.73. The van der Waals surface area contributed by atoms with Crippen molar-refractivity contribution in [3.8, 4) is 11.8 Å². The molecular weight excluding hydrogens is 212 g/mol. The first-order valence-corrected chi connectivity index (χ1v) is 4.82. The number of hydrogen-bond acceptors (Lipinski definition) is 1. The lowest BCUT2D eigenvalue weighted by atomic mass is 10.1. The summed E-state index contributed by atoms with van der Waals surface area (Å²) in [5, 5.41) is 8.42. The fourth-order valence-corrected chi connectivity index (χ4v) is 1.05. The summed E-state index contributed by atoms with van der Waals surface area (Å²) in [6.07, 6.45) is 2.63. The van der Waals surface area contributed by atoms with Crippen molar-refractivity contribution >= 4 is 23.6 Å². The molecule has 0 aliphatic carbocycles. The van der Waals surface area contributed by atoms with Crippen molar-refractivity contribution in [1.82, 2.24) is 0 Å². The monoisotopic (exact) mass is 220 g/mol. The molecule has 1 rings (SSSR count). The first-order chi connectivity index (χ1) is 7.22. The van der Waals surface area contributed by atoms with Crippen LogP contribution in [-0.4, -0.2) is 17.0 Å². The van der Waals surface area contributed by atoms with E-state index in [1.165, 1.54) is 6.08 Å². The van der Waals surface area contributed by atoms with Gasteiger partial charge >= 0.3 is 5.97 Å². The minimum absolute atomic E-state index is 0.306. The Balaban J connectivity index is 2.76. The molecule has 0 aliphatic rings. The molecule has 1 N–H and O–H groups in total. The van der Waals surface area contributed by atoms with Crippen molar-refractivity contribution in [2.45, 2.75) is 0 Å². The molecule has 0 fully saturated rings. The molecule has 0 spiro atoms. The SMILES string of the molecule is O=C(O)/C=C/c1ccc(C#CCCl)cc1. The van der Waals surface area contributed by atoms with E-state index < -0.39 is 5.97 Å². The Morgan fingerprint density at radius 3 is 2.60 bits per heavy atom. The Morgan fingerprint density at radius 2 is 2.07 bits per heavy atom. The van der Waals surface area contributed by atoms with Crippen LogP contribution in [0, 0.1) is 11.8 Å². The first-order valence-electron chi connectivity index (χ1n) is 4.28. The van der Waals surface area contributed by atoms with E-state index in [-0.39, 0.29) is 0 Å². The van der Waals surface area contributed by atoms with Crippen LogP contribution in [0.3, 0.4) is 0 Å². The molecule has 1 aromatic carbocycles. The van der Waals surface area contributed by atoms with Gasteiger partial charge in [-0.2, -0.15) is 0 Å². The van der Waals surface area contributed by atoms with Crippen LogP contribution in [0.2, 0.25) is 0 Å². The molecule has 0 radical (unpaired) electrons. The van der Waals surface area contributed by atoms with Gasteiger partial charge in [0.25, 0.3) is 0 Å². The fraction of sp³-hybridized carbons (Fsp3) is 0.0833. The Bertz CT molecular complexity index is 421. The normalized spacial score (nSPS) is 9.67. The Labute approximate surface area is 93.2 Å². The summed E-state index contributed by atoms with van der Waals surface area (Å²) < 4.78 is 0. The summed E-state index contributed by atoms with van der Waals surface area (Å²) in [4.78, 5) is 10.3. The van der Waals surface area contributed by atoms with Crippen molar-refractivity contribution in [2.75, 3.05) is 5.88 Å². The summed E-state index contributed by atoms with van der Waals surface area (Å²) in [5.41, 5.74) is 1.69. The lowest BCUT2D eigenvalue weighted by molar-refractivity contribution is -0.131. The summed E-state index contributed by atoms with van der Waals surface area (Å²) in [5.74, 6) is 4.95. The van der Waals surface area contributed by atoms with Crippen LogP contribution in [-0.2, 0) is 4.79 Å². The van der Waals surface area contributed by atoms with Gasteiger partial charge in [-0.3, -0.25) is 0 Å². The van der Waals surface area contributed by atoms with Gasteiger partial charge in [-0.1, -0.05) is 24.0 Å². The number of hydrogen-bond donors (Lipinski definition) is 1. The highest BCUT2D eigenvalue weighted by atomic mass is 35.5. The number of carboxylic acids is 1. The third-order valence-electron chi connectivity index (χ3n) is 1.63. The second-order valence-corrected chi connectivity index (χ2v) is 3.00. The summed E-state index contributed by atoms with van der Waals surface area (Å²) >= 11 is 5.42. The molecule has 0 bridgehead atoms. The molecular formula is C12H9ClO2. The number of carboxylic acid groups (broad SMARTS) is 1. The first kappa shape index (κ1) is 11.4. The zero-order valence-corrected chi connectivity index (χ0v) is 8.66. The van der Waals surface area contributed by atoms with Gasteiger partial charge in [0.1, 0.15) is 0 Å². The van der Waals surface area contributed by atoms with Crippen molar-refractivity contribution in [2.24, 2.45) is 0 Å². The van der Waals surface area contributed by atoms with Crippen LogP contribution >= 0.6 is 11.6 Å². The third-order valence-corrected chi connectivity index (χ3v) is 1.76. The minimum atomic E-state index is -0.957. The van der Waals surface area contributed by atoms with E-state index in [9.17, 15) is 4.79 Å². The van der Waals surface area contributed by atoms with Crippen molar-refractivity contribution < 1.29 is 9.90 Å². The molecule has 0 aliphatic heterocycles. The van der Waals surface area contributed by atoms with E-state index in [2.05, 4.69) is 11.8 Å². The molecule has 0 saturated carbocycles. The smallest absolute Gasteiger partial charge is 0.328 e. The number of alkyl halides is 1. The molecule has 0 heterocycles. The van der Waals surface area contributed by atoms with Gasteiger partial charge in [0, 0.05) is 11.6 Å². The summed E-state index contributed by atoms with van der Waals surface area (Å²) in [7, 11) is 0. The molecule has 0 saturated heterocycles. The van der Waals surface area contributed by atoms with Gasteiger partial charge in [0.2, 0.25) is 0 Å². The quantitative estimate of drug-likeness (QED) is 0.472. The van der Waals surface area contributed by atoms with Gasteiger partial charge in [-0.25, -0.2) is 4.79 Å². The molecule has 76 valence electrons. The van der Waals surface area contributed by atoms with E-state index >= 15 is 0 Å². The summed E-state index contributed by atoms with van der Waals surface area (Å²) in [6, 6.07) is 7.25. The van der Waals surface area contributed by atoms with Gasteiger partial charge < -0.3 is 5.11 Å². The average Bonchev–Trinajstić information content (AvgIpc) is 2.25. The maximum Gasteiger partial charge on any atom is 0.328 e. The minimum Gasteiger partial charge on any atom is -0.478 e. The largest absolute Gasteiger partial charge is 0.478 e. The maximum atomic E-state index is 10.3. The van der Waals surface area contributed by atoms with Crippen molar-refractivity contribution in [1.29, 1.82) is 0 Å². The molecule has 2 nitrogen and oxygen atoms in total. The zero-order chi connectivity index (χ0) is 11.1. The fourth-order valence-electron chi connectivity index (χ4n) is 0.981. The Kier molecular flexibility index (Phi) is 4.46. The average molecular weight is 221 g/mol. The number of rotatable bonds is 2. The number of benzene rings is 1. The topological polar surface area (TPSA) is 37.3 Å². The van der Waals surface area contributed by atoms with Crippen LogP contribution in [0.25, 0.3) is 6.08 Å². The number of carbonyl (C=O) groups is 1. The Morgan fingerprint density at radius 1 is 1.40 bits per heavy atom. The Hall–Kier alpha value is -1.72. The highest BCUT2D eigenvalue weighted by molar-refractivity contribution is 6.19. The highest BCUT2D eigenvalue weighted by Gasteiger charge is 1.90. The van der Waals surface area contributed by atoms with Crippen molar-refractivity contribution in [3.63, 3.8) is 0 Å². The van der Waals surface area contributed by atoms with Crippen LogP contribution < -0.4 is 0 Å². The van der Waals surface area contributed by atoms with Gasteiger partial charge in [0.15, 0.2) is 0 Å². The van der Waals surface area contributed by atoms with Crippen LogP contribution in [0.5, 0.6) is 0 Å². The lowest BCUT2D eigenvalue weighted by Crippen LogP contribution is -1.85. The van der Waals surface area contributed by atoms with E-state index in [0.717, 1.165) is 17.2 Å². The second kappa shape index (κ2) is 5.90. The molecule has 3 heteroatoms. The molecule has 0 unspecified atom stereocenters. The van der Waals surface area contributed by atoms with Gasteiger partial charge in [-0.15, -0.1) is 11.6 Å². The number of halogens is 1. The van der Waals surface area contributed by atoms with Gasteiger partial charge in [-0.05, 0) is 23.8 Å². The molecule has 0 amide bonds. The van der Waals surface area contributed by atoms with E-state index in [0.29, 0.717) is 5.88 Å². The van der Waals surface area contributed by atoms with E-state index in [1.807, 2.05) is 12.1 Å². The van der Waals surface area contributed by atoms with Gasteiger partial charge in [0.05, 0.1) is 5.88 Å². The van der Waals surface area contributed by atoms with E-state index in [4.69, 9.17) is 16.7 Å². The van der Waals surface area contributed by atoms with Crippen LogP contribution in [0.15, 0.2) is 30.3 Å². The maximum absolute atomic E-state index is 10.3. The molecule has 1 aromatic rings.